The smallest absolute Gasteiger partial charge is 0.288 e. The molecule has 5 rings (SSSR count). The van der Waals surface area contributed by atoms with Gasteiger partial charge in [-0.15, -0.1) is 0 Å². The maximum Gasteiger partial charge on any atom is 0.288 e. The molecule has 10 nitrogen and oxygen atoms in total. The molecule has 1 aliphatic heterocycles. The summed E-state index contributed by atoms with van der Waals surface area (Å²) in [7, 11) is 1.50. The zero-order valence-electron chi connectivity index (χ0n) is 20.9. The predicted octanol–water partition coefficient (Wildman–Crippen LogP) is 2.65. The number of imide groups is 1. The van der Waals surface area contributed by atoms with Crippen LogP contribution >= 0.6 is 12.2 Å². The first kappa shape index (κ1) is 25.7. The fourth-order valence-corrected chi connectivity index (χ4v) is 4.60. The summed E-state index contributed by atoms with van der Waals surface area (Å²) in [6.45, 7) is 0.0804. The molecule has 3 heterocycles. The zero-order valence-corrected chi connectivity index (χ0v) is 21.7. The summed E-state index contributed by atoms with van der Waals surface area (Å²) in [5, 5.41) is 3.97. The van der Waals surface area contributed by atoms with Gasteiger partial charge in [-0.2, -0.15) is 0 Å². The Morgan fingerprint density at radius 2 is 1.64 bits per heavy atom. The Morgan fingerprint density at radius 3 is 2.33 bits per heavy atom. The molecule has 196 valence electrons. The van der Waals surface area contributed by atoms with Crippen LogP contribution < -0.4 is 20.9 Å². The van der Waals surface area contributed by atoms with E-state index in [4.69, 9.17) is 17.0 Å². The standard InChI is InChI=1S/C28H24N6O4S/c1-38-23-15-29-14-18-11-12-22(31-24(18)23)25(35)32-33-28(39)30-19(13-17-7-3-2-4-8-17)16-34-26(36)20-9-5-6-10-21(20)27(34)37/h2-12,14-15,19H,13,16H2,1H3,(H,32,35)(H2,30,33,39)/t19-/m1/s1. The van der Waals surface area contributed by atoms with Crippen LogP contribution in [-0.4, -0.2) is 57.4 Å². The molecule has 0 saturated carbocycles. The Balaban J connectivity index is 1.27. The van der Waals surface area contributed by atoms with Gasteiger partial charge in [-0.05, 0) is 48.5 Å². The van der Waals surface area contributed by atoms with E-state index >= 15 is 0 Å². The van der Waals surface area contributed by atoms with Crippen LogP contribution in [0.5, 0.6) is 5.75 Å². The Labute approximate surface area is 229 Å². The van der Waals surface area contributed by atoms with Gasteiger partial charge < -0.3 is 10.1 Å². The van der Waals surface area contributed by atoms with Crippen LogP contribution in [0.25, 0.3) is 10.9 Å². The van der Waals surface area contributed by atoms with Crippen LogP contribution in [-0.2, 0) is 6.42 Å². The highest BCUT2D eigenvalue weighted by molar-refractivity contribution is 7.80. The maximum atomic E-state index is 12.9. The van der Waals surface area contributed by atoms with Gasteiger partial charge in [0.25, 0.3) is 17.7 Å². The normalized spacial score (nSPS) is 13.1. The third-order valence-electron chi connectivity index (χ3n) is 6.25. The van der Waals surface area contributed by atoms with Crippen molar-refractivity contribution in [3.05, 3.63) is 102 Å². The summed E-state index contributed by atoms with van der Waals surface area (Å²) >= 11 is 5.43. The van der Waals surface area contributed by atoms with Crippen LogP contribution in [0.15, 0.2) is 79.1 Å². The summed E-state index contributed by atoms with van der Waals surface area (Å²) in [5.41, 5.74) is 7.62. The van der Waals surface area contributed by atoms with Crippen LogP contribution in [0.1, 0.15) is 36.8 Å². The fourth-order valence-electron chi connectivity index (χ4n) is 4.38. The number of nitrogens with one attached hydrogen (secondary N) is 3. The number of pyridine rings is 2. The largest absolute Gasteiger partial charge is 0.493 e. The molecular weight excluding hydrogens is 516 g/mol. The zero-order chi connectivity index (χ0) is 27.4. The first-order valence-corrected chi connectivity index (χ1v) is 12.5. The van der Waals surface area contributed by atoms with Crippen molar-refractivity contribution in [2.45, 2.75) is 12.5 Å². The van der Waals surface area contributed by atoms with E-state index < -0.39 is 11.9 Å². The minimum atomic E-state index is -0.514. The van der Waals surface area contributed by atoms with Crippen molar-refractivity contribution in [2.75, 3.05) is 13.7 Å². The fraction of sp³-hybridized carbons (Fsp3) is 0.143. The van der Waals surface area contributed by atoms with Crippen LogP contribution in [0, 0.1) is 0 Å². The highest BCUT2D eigenvalue weighted by Crippen LogP contribution is 2.23. The Kier molecular flexibility index (Phi) is 7.41. The molecule has 0 bridgehead atoms. The van der Waals surface area contributed by atoms with Gasteiger partial charge in [0.15, 0.2) is 10.9 Å². The van der Waals surface area contributed by atoms with E-state index in [0.717, 1.165) is 10.9 Å². The summed E-state index contributed by atoms with van der Waals surface area (Å²) in [5.74, 6) is -0.768. The number of hydrazine groups is 1. The molecule has 2 aromatic heterocycles. The Bertz CT molecular complexity index is 1540. The Morgan fingerprint density at radius 1 is 0.949 bits per heavy atom. The molecule has 0 spiro atoms. The number of ether oxygens (including phenoxy) is 1. The van der Waals surface area contributed by atoms with E-state index in [9.17, 15) is 14.4 Å². The van der Waals surface area contributed by atoms with Gasteiger partial charge >= 0.3 is 0 Å². The summed E-state index contributed by atoms with van der Waals surface area (Å²) < 4.78 is 5.29. The van der Waals surface area contributed by atoms with Crippen molar-refractivity contribution in [3.8, 4) is 5.75 Å². The molecule has 0 saturated heterocycles. The van der Waals surface area contributed by atoms with E-state index in [1.165, 1.54) is 18.2 Å². The second-order valence-electron chi connectivity index (χ2n) is 8.82. The first-order valence-electron chi connectivity index (χ1n) is 12.1. The average molecular weight is 541 g/mol. The number of fused-ring (bicyclic) bond motifs is 2. The average Bonchev–Trinajstić information content (AvgIpc) is 3.20. The number of benzene rings is 2. The van der Waals surface area contributed by atoms with E-state index in [2.05, 4.69) is 26.1 Å². The van der Waals surface area contributed by atoms with E-state index in [0.29, 0.717) is 28.8 Å². The van der Waals surface area contributed by atoms with Crippen molar-refractivity contribution < 1.29 is 19.1 Å². The van der Waals surface area contributed by atoms with Crippen LogP contribution in [0.2, 0.25) is 0 Å². The van der Waals surface area contributed by atoms with Crippen LogP contribution in [0.3, 0.4) is 0 Å². The van der Waals surface area contributed by atoms with Crippen molar-refractivity contribution in [1.82, 2.24) is 31.0 Å². The van der Waals surface area contributed by atoms with Gasteiger partial charge in [-0.1, -0.05) is 42.5 Å². The number of amides is 3. The highest BCUT2D eigenvalue weighted by atomic mass is 32.1. The van der Waals surface area contributed by atoms with Gasteiger partial charge in [0, 0.05) is 18.1 Å². The van der Waals surface area contributed by atoms with E-state index in [-0.39, 0.29) is 29.2 Å². The van der Waals surface area contributed by atoms with Gasteiger partial charge in [0.05, 0.1) is 30.5 Å². The molecule has 4 aromatic rings. The number of hydrogen-bond acceptors (Lipinski definition) is 7. The molecule has 39 heavy (non-hydrogen) atoms. The van der Waals surface area contributed by atoms with E-state index in [1.807, 2.05) is 30.3 Å². The van der Waals surface area contributed by atoms with Crippen molar-refractivity contribution >= 4 is 46.0 Å². The molecular formula is C28H24N6O4S. The number of carbonyl (C=O) groups excluding carboxylic acids is 3. The van der Waals surface area contributed by atoms with Gasteiger partial charge in [-0.3, -0.25) is 35.1 Å². The minimum absolute atomic E-state index is 0.0804. The maximum absolute atomic E-state index is 12.9. The lowest BCUT2D eigenvalue weighted by atomic mass is 10.1. The number of thiocarbonyl (C=S) groups is 1. The number of rotatable bonds is 7. The molecule has 0 fully saturated rings. The lowest BCUT2D eigenvalue weighted by molar-refractivity contribution is 0.0641. The van der Waals surface area contributed by atoms with Gasteiger partial charge in [0.2, 0.25) is 0 Å². The SMILES string of the molecule is COc1cncc2ccc(C(=O)NNC(=S)N[C@H](Cc3ccccc3)CN3C(=O)c4ccccc4C3=O)nc12. The summed E-state index contributed by atoms with van der Waals surface area (Å²) in [6, 6.07) is 19.2. The summed E-state index contributed by atoms with van der Waals surface area (Å²) in [4.78, 5) is 48.4. The lowest BCUT2D eigenvalue weighted by Gasteiger charge is -2.25. The number of methoxy groups -OCH3 is 1. The number of hydrogen-bond donors (Lipinski definition) is 3. The lowest BCUT2D eigenvalue weighted by Crippen LogP contribution is -2.53. The number of aromatic nitrogens is 2. The monoisotopic (exact) mass is 540 g/mol. The van der Waals surface area contributed by atoms with Gasteiger partial charge in [0.1, 0.15) is 11.2 Å². The highest BCUT2D eigenvalue weighted by Gasteiger charge is 2.36. The molecule has 0 aliphatic carbocycles. The van der Waals surface area contributed by atoms with Crippen molar-refractivity contribution in [1.29, 1.82) is 0 Å². The summed E-state index contributed by atoms with van der Waals surface area (Å²) in [6.07, 6.45) is 3.63. The number of carbonyl (C=O) groups is 3. The molecule has 0 radical (unpaired) electrons. The van der Waals surface area contributed by atoms with E-state index in [1.54, 1.807) is 42.6 Å². The third kappa shape index (κ3) is 5.53. The second-order valence-corrected chi connectivity index (χ2v) is 9.22. The predicted molar refractivity (Wildman–Crippen MR) is 148 cm³/mol. The van der Waals surface area contributed by atoms with Gasteiger partial charge in [-0.25, -0.2) is 4.98 Å². The van der Waals surface area contributed by atoms with Crippen molar-refractivity contribution in [2.24, 2.45) is 0 Å². The first-order chi connectivity index (χ1) is 18.9. The minimum Gasteiger partial charge on any atom is -0.493 e. The Hall–Kier alpha value is -4.90. The molecule has 1 aliphatic rings. The molecule has 11 heteroatoms. The quantitative estimate of drug-likeness (QED) is 0.184. The molecule has 2 aromatic carbocycles. The topological polar surface area (TPSA) is 126 Å². The molecule has 3 N–H and O–H groups in total. The van der Waals surface area contributed by atoms with Crippen molar-refractivity contribution in [3.63, 3.8) is 0 Å². The number of nitrogens with zero attached hydrogens (tertiary/aromatic N) is 3. The molecule has 3 amide bonds. The molecule has 1 atom stereocenters. The molecule has 0 unspecified atom stereocenters. The second kappa shape index (κ2) is 11.2. The van der Waals surface area contributed by atoms with Crippen LogP contribution in [0.4, 0.5) is 0 Å². The third-order valence-corrected chi connectivity index (χ3v) is 6.47.